The number of carbonyl (C=O) groups is 3. The SMILES string of the molecule is COc1cc2ccc1CNC(=O)CCc1ccc(OC)c(c1)OCC(=O)N[C@@H]1CN(C(=O)CN3CCN(c4ncccn4)CC3)CC[C@@H]1O2. The molecule has 5 heterocycles. The molecule has 4 aliphatic heterocycles. The van der Waals surface area contributed by atoms with Crippen LogP contribution in [0.3, 0.4) is 0 Å². The van der Waals surface area contributed by atoms with Gasteiger partial charge in [0, 0.05) is 82.7 Å². The van der Waals surface area contributed by atoms with Crippen LogP contribution in [-0.4, -0.2) is 116 Å². The predicted molar refractivity (Wildman–Crippen MR) is 180 cm³/mol. The van der Waals surface area contributed by atoms with E-state index in [-0.39, 0.29) is 43.8 Å². The topological polar surface area (TPSA) is 148 Å². The number of aryl methyl sites for hydroxylation is 1. The number of piperidine rings is 1. The van der Waals surface area contributed by atoms with Crippen LogP contribution in [0.5, 0.6) is 23.0 Å². The van der Waals surface area contributed by atoms with Gasteiger partial charge in [-0.25, -0.2) is 9.97 Å². The first-order valence-corrected chi connectivity index (χ1v) is 16.6. The fourth-order valence-corrected chi connectivity index (χ4v) is 6.33. The van der Waals surface area contributed by atoms with Crippen LogP contribution in [0.15, 0.2) is 54.9 Å². The van der Waals surface area contributed by atoms with Gasteiger partial charge in [-0.2, -0.15) is 0 Å². The summed E-state index contributed by atoms with van der Waals surface area (Å²) in [7, 11) is 3.10. The molecule has 3 aromatic rings. The number of ether oxygens (including phenoxy) is 4. The molecule has 2 N–H and O–H groups in total. The highest BCUT2D eigenvalue weighted by atomic mass is 16.5. The number of benzene rings is 2. The highest BCUT2D eigenvalue weighted by Crippen LogP contribution is 2.30. The van der Waals surface area contributed by atoms with Crippen LogP contribution in [0.4, 0.5) is 5.95 Å². The lowest BCUT2D eigenvalue weighted by atomic mass is 10.0. The minimum Gasteiger partial charge on any atom is -0.496 e. The molecule has 2 aromatic carbocycles. The average Bonchev–Trinajstić information content (AvgIpc) is 3.13. The van der Waals surface area contributed by atoms with Gasteiger partial charge in [0.05, 0.1) is 26.8 Å². The Kier molecular flexibility index (Phi) is 10.9. The number of nitrogens with one attached hydrogen (secondary N) is 2. The van der Waals surface area contributed by atoms with E-state index in [2.05, 4.69) is 30.4 Å². The van der Waals surface area contributed by atoms with Gasteiger partial charge < -0.3 is 39.4 Å². The number of amides is 3. The zero-order valence-corrected chi connectivity index (χ0v) is 27.9. The summed E-state index contributed by atoms with van der Waals surface area (Å²) in [5, 5.41) is 6.04. The zero-order valence-electron chi connectivity index (χ0n) is 27.9. The van der Waals surface area contributed by atoms with Gasteiger partial charge in [-0.05, 0) is 42.3 Å². The normalized spacial score (nSPS) is 20.7. The number of fused-ring (bicyclic) bond motifs is 9. The van der Waals surface area contributed by atoms with Gasteiger partial charge >= 0.3 is 0 Å². The molecule has 0 unspecified atom stereocenters. The van der Waals surface area contributed by atoms with Crippen LogP contribution in [0.25, 0.3) is 0 Å². The molecule has 14 heteroatoms. The number of piperazine rings is 1. The molecule has 0 spiro atoms. The highest BCUT2D eigenvalue weighted by molar-refractivity contribution is 5.80. The largest absolute Gasteiger partial charge is 0.496 e. The number of anilines is 1. The summed E-state index contributed by atoms with van der Waals surface area (Å²) < 4.78 is 23.5. The van der Waals surface area contributed by atoms with E-state index in [0.29, 0.717) is 68.0 Å². The lowest BCUT2D eigenvalue weighted by Crippen LogP contribution is -2.60. The van der Waals surface area contributed by atoms with Gasteiger partial charge in [-0.15, -0.1) is 0 Å². The number of aromatic nitrogens is 2. The molecule has 4 bridgehead atoms. The molecular weight excluding hydrogens is 630 g/mol. The fourth-order valence-electron chi connectivity index (χ4n) is 6.33. The van der Waals surface area contributed by atoms with Gasteiger partial charge in [-0.3, -0.25) is 19.3 Å². The molecule has 1 aromatic heterocycles. The summed E-state index contributed by atoms with van der Waals surface area (Å²) in [4.78, 5) is 54.3. The molecule has 2 saturated heterocycles. The fraction of sp³-hybridized carbons (Fsp3) is 0.457. The van der Waals surface area contributed by atoms with Crippen LogP contribution in [-0.2, 0) is 27.3 Å². The number of likely N-dealkylation sites (tertiary alicyclic amines) is 1. The summed E-state index contributed by atoms with van der Waals surface area (Å²) in [6, 6.07) is 12.2. The van der Waals surface area contributed by atoms with Crippen LogP contribution in [0.1, 0.15) is 24.0 Å². The van der Waals surface area contributed by atoms with E-state index in [0.717, 1.165) is 24.2 Å². The Hall–Kier alpha value is -5.11. The van der Waals surface area contributed by atoms with Crippen molar-refractivity contribution < 1.29 is 33.3 Å². The van der Waals surface area contributed by atoms with Crippen LogP contribution < -0.4 is 34.5 Å². The van der Waals surface area contributed by atoms with E-state index < -0.39 is 12.1 Å². The number of carbonyl (C=O) groups excluding carboxylic acids is 3. The van der Waals surface area contributed by atoms with Crippen molar-refractivity contribution in [3.63, 3.8) is 0 Å². The van der Waals surface area contributed by atoms with E-state index in [1.807, 2.05) is 18.2 Å². The monoisotopic (exact) mass is 673 g/mol. The van der Waals surface area contributed by atoms with Gasteiger partial charge in [0.25, 0.3) is 5.91 Å². The van der Waals surface area contributed by atoms with Crippen LogP contribution in [0, 0.1) is 0 Å². The van der Waals surface area contributed by atoms with Crippen molar-refractivity contribution in [2.45, 2.75) is 38.0 Å². The second kappa shape index (κ2) is 15.9. The van der Waals surface area contributed by atoms with Gasteiger partial charge in [-0.1, -0.05) is 6.07 Å². The minimum atomic E-state index is -0.499. The lowest BCUT2D eigenvalue weighted by molar-refractivity contribution is -0.136. The van der Waals surface area contributed by atoms with E-state index in [1.165, 1.54) is 7.11 Å². The quantitative estimate of drug-likeness (QED) is 0.405. The Morgan fingerprint density at radius 3 is 2.51 bits per heavy atom. The first-order chi connectivity index (χ1) is 23.9. The summed E-state index contributed by atoms with van der Waals surface area (Å²) in [6.07, 6.45) is 4.30. The van der Waals surface area contributed by atoms with Gasteiger partial charge in [0.15, 0.2) is 18.1 Å². The predicted octanol–water partition coefficient (Wildman–Crippen LogP) is 1.42. The van der Waals surface area contributed by atoms with Gasteiger partial charge in [0.1, 0.15) is 17.6 Å². The molecule has 260 valence electrons. The van der Waals surface area contributed by atoms with Crippen molar-refractivity contribution >= 4 is 23.7 Å². The summed E-state index contributed by atoms with van der Waals surface area (Å²) in [5.41, 5.74) is 1.68. The van der Waals surface area contributed by atoms with Crippen molar-refractivity contribution in [1.29, 1.82) is 0 Å². The van der Waals surface area contributed by atoms with Crippen LogP contribution in [0.2, 0.25) is 0 Å². The van der Waals surface area contributed by atoms with Gasteiger partial charge in [0.2, 0.25) is 17.8 Å². The third-order valence-corrected chi connectivity index (χ3v) is 9.06. The van der Waals surface area contributed by atoms with Crippen molar-refractivity contribution in [3.05, 3.63) is 66.0 Å². The number of hydrogen-bond acceptors (Lipinski definition) is 11. The Labute approximate surface area is 285 Å². The molecule has 0 saturated carbocycles. The molecular formula is C35H43N7O7. The smallest absolute Gasteiger partial charge is 0.258 e. The van der Waals surface area contributed by atoms with Crippen LogP contribution >= 0.6 is 0 Å². The van der Waals surface area contributed by atoms with E-state index in [4.69, 9.17) is 18.9 Å². The van der Waals surface area contributed by atoms with E-state index >= 15 is 0 Å². The third kappa shape index (κ3) is 8.68. The summed E-state index contributed by atoms with van der Waals surface area (Å²) in [6.45, 7) is 3.97. The average molecular weight is 674 g/mol. The Balaban J connectivity index is 1.16. The number of hydrogen-bond donors (Lipinski definition) is 2. The van der Waals surface area contributed by atoms with Crippen molar-refractivity contribution in [1.82, 2.24) is 30.4 Å². The Bertz CT molecular complexity index is 1620. The van der Waals surface area contributed by atoms with E-state index in [1.54, 1.807) is 48.7 Å². The molecule has 4 aliphatic rings. The first-order valence-electron chi connectivity index (χ1n) is 16.6. The summed E-state index contributed by atoms with van der Waals surface area (Å²) >= 11 is 0. The number of nitrogens with zero attached hydrogens (tertiary/aromatic N) is 5. The molecule has 14 nitrogen and oxygen atoms in total. The van der Waals surface area contributed by atoms with Crippen molar-refractivity contribution in [3.8, 4) is 23.0 Å². The standard InChI is InChI=1S/C35H43N7O7/c1-46-29-8-4-24-5-9-32(43)38-20-25-6-7-26(19-30(25)47-2)49-28-10-13-42(21-27(28)39-33(44)23-48-31(29)18-24)34(45)22-40-14-16-41(17-15-40)35-36-11-3-12-37-35/h3-4,6-8,11-12,18-19,27-28H,5,9-10,13-17,20-23H2,1-2H3,(H,38,43)(H,39,44)/t27-,28+/m1/s1. The molecule has 0 radical (unpaired) electrons. The lowest BCUT2D eigenvalue weighted by Gasteiger charge is -2.40. The molecule has 2 fully saturated rings. The molecule has 49 heavy (non-hydrogen) atoms. The molecule has 3 amide bonds. The Morgan fingerprint density at radius 2 is 1.73 bits per heavy atom. The maximum Gasteiger partial charge on any atom is 0.258 e. The number of rotatable bonds is 5. The summed E-state index contributed by atoms with van der Waals surface area (Å²) in [5.74, 6) is 2.26. The van der Waals surface area contributed by atoms with Crippen molar-refractivity contribution in [2.24, 2.45) is 0 Å². The first kappa shape index (κ1) is 33.8. The second-order valence-electron chi connectivity index (χ2n) is 12.3. The van der Waals surface area contributed by atoms with Crippen molar-refractivity contribution in [2.75, 3.05) is 71.5 Å². The minimum absolute atomic E-state index is 0.00139. The second-order valence-corrected chi connectivity index (χ2v) is 12.3. The zero-order chi connectivity index (χ0) is 34.2. The third-order valence-electron chi connectivity index (χ3n) is 9.06. The molecule has 2 atom stereocenters. The maximum absolute atomic E-state index is 13.6. The highest BCUT2D eigenvalue weighted by Gasteiger charge is 2.35. The van der Waals surface area contributed by atoms with E-state index in [9.17, 15) is 14.4 Å². The molecule has 7 rings (SSSR count). The number of methoxy groups -OCH3 is 2. The maximum atomic E-state index is 13.6. The molecule has 0 aliphatic carbocycles. The Morgan fingerprint density at radius 1 is 0.939 bits per heavy atom.